The molecule has 1 heterocycles. The number of carbonyl (C=O) groups excluding carboxylic acids is 1. The number of benzene rings is 2. The molecule has 4 rings (SSSR count). The standard InChI is InChI=1S/C27H31FN2O2/c1-20(22-8-4-2-5-9-22)29-27(31)26-17-16-25(32-26)19-30(24-10-6-3-7-11-24)18-21-12-14-23(28)15-13-21/h2,4-5,8-9,12-17,20,24H,3,6-7,10-11,18-19H2,1H3,(H,29,31). The zero-order chi connectivity index (χ0) is 22.3. The summed E-state index contributed by atoms with van der Waals surface area (Å²) in [6.07, 6.45) is 6.06. The van der Waals surface area contributed by atoms with Crippen LogP contribution >= 0.6 is 0 Å². The van der Waals surface area contributed by atoms with Gasteiger partial charge in [0.1, 0.15) is 11.6 Å². The molecule has 0 bridgehead atoms. The lowest BCUT2D eigenvalue weighted by Gasteiger charge is -2.34. The highest BCUT2D eigenvalue weighted by atomic mass is 19.1. The highest BCUT2D eigenvalue weighted by Crippen LogP contribution is 2.26. The van der Waals surface area contributed by atoms with Gasteiger partial charge in [-0.05, 0) is 55.2 Å². The van der Waals surface area contributed by atoms with Crippen molar-refractivity contribution in [2.75, 3.05) is 0 Å². The van der Waals surface area contributed by atoms with E-state index in [-0.39, 0.29) is 17.8 Å². The topological polar surface area (TPSA) is 45.5 Å². The van der Waals surface area contributed by atoms with Gasteiger partial charge in [-0.3, -0.25) is 9.69 Å². The van der Waals surface area contributed by atoms with Crippen LogP contribution in [0.4, 0.5) is 4.39 Å². The SMILES string of the molecule is CC(NC(=O)c1ccc(CN(Cc2ccc(F)cc2)C2CCCCC2)o1)c1ccccc1. The van der Waals surface area contributed by atoms with Gasteiger partial charge in [-0.1, -0.05) is 61.7 Å². The predicted octanol–water partition coefficient (Wildman–Crippen LogP) is 6.24. The second-order valence-corrected chi connectivity index (χ2v) is 8.70. The van der Waals surface area contributed by atoms with Gasteiger partial charge in [0.2, 0.25) is 0 Å². The van der Waals surface area contributed by atoms with E-state index in [9.17, 15) is 9.18 Å². The van der Waals surface area contributed by atoms with E-state index < -0.39 is 0 Å². The van der Waals surface area contributed by atoms with Crippen LogP contribution in [0.3, 0.4) is 0 Å². The second-order valence-electron chi connectivity index (χ2n) is 8.70. The molecule has 5 heteroatoms. The van der Waals surface area contributed by atoms with Crippen LogP contribution in [-0.2, 0) is 13.1 Å². The van der Waals surface area contributed by atoms with Crippen molar-refractivity contribution < 1.29 is 13.6 Å². The molecule has 1 amide bonds. The van der Waals surface area contributed by atoms with Crippen LogP contribution in [0.5, 0.6) is 0 Å². The molecular formula is C27H31FN2O2. The first-order valence-electron chi connectivity index (χ1n) is 11.5. The Morgan fingerprint density at radius 1 is 1.00 bits per heavy atom. The van der Waals surface area contributed by atoms with Gasteiger partial charge in [0.25, 0.3) is 5.91 Å². The molecule has 1 aromatic heterocycles. The number of amides is 1. The summed E-state index contributed by atoms with van der Waals surface area (Å²) in [5.74, 6) is 0.670. The Hall–Kier alpha value is -2.92. The fraction of sp³-hybridized carbons (Fsp3) is 0.370. The molecule has 1 unspecified atom stereocenters. The Labute approximate surface area is 189 Å². The summed E-state index contributed by atoms with van der Waals surface area (Å²) in [6, 6.07) is 20.6. The van der Waals surface area contributed by atoms with E-state index in [1.807, 2.05) is 55.5 Å². The van der Waals surface area contributed by atoms with E-state index in [4.69, 9.17) is 4.42 Å². The molecule has 0 spiro atoms. The van der Waals surface area contributed by atoms with Gasteiger partial charge in [0.15, 0.2) is 5.76 Å². The molecule has 1 N–H and O–H groups in total. The zero-order valence-corrected chi connectivity index (χ0v) is 18.6. The maximum atomic E-state index is 13.3. The van der Waals surface area contributed by atoms with Crippen LogP contribution in [0, 0.1) is 5.82 Å². The van der Waals surface area contributed by atoms with Crippen LogP contribution in [-0.4, -0.2) is 16.8 Å². The Morgan fingerprint density at radius 2 is 1.72 bits per heavy atom. The van der Waals surface area contributed by atoms with Crippen molar-refractivity contribution in [1.29, 1.82) is 0 Å². The number of rotatable bonds is 8. The molecule has 4 nitrogen and oxygen atoms in total. The van der Waals surface area contributed by atoms with Gasteiger partial charge < -0.3 is 9.73 Å². The smallest absolute Gasteiger partial charge is 0.287 e. The number of hydrogen-bond donors (Lipinski definition) is 1. The largest absolute Gasteiger partial charge is 0.455 e. The Kier molecular flexibility index (Phi) is 7.38. The lowest BCUT2D eigenvalue weighted by Crippen LogP contribution is -2.35. The van der Waals surface area contributed by atoms with Crippen molar-refractivity contribution in [2.45, 2.75) is 64.2 Å². The molecule has 1 saturated carbocycles. The molecule has 1 fully saturated rings. The first-order chi connectivity index (χ1) is 15.6. The van der Waals surface area contributed by atoms with Crippen molar-refractivity contribution >= 4 is 5.91 Å². The highest BCUT2D eigenvalue weighted by molar-refractivity contribution is 5.91. The minimum atomic E-state index is -0.218. The van der Waals surface area contributed by atoms with Gasteiger partial charge in [-0.15, -0.1) is 0 Å². The third-order valence-electron chi connectivity index (χ3n) is 6.28. The number of nitrogens with zero attached hydrogens (tertiary/aromatic N) is 1. The summed E-state index contributed by atoms with van der Waals surface area (Å²) in [7, 11) is 0. The van der Waals surface area contributed by atoms with E-state index in [0.717, 1.165) is 36.3 Å². The molecule has 1 atom stereocenters. The Bertz CT molecular complexity index is 994. The summed E-state index contributed by atoms with van der Waals surface area (Å²) >= 11 is 0. The Balaban J connectivity index is 1.43. The molecule has 0 aliphatic heterocycles. The van der Waals surface area contributed by atoms with E-state index in [0.29, 0.717) is 18.3 Å². The minimum Gasteiger partial charge on any atom is -0.455 e. The summed E-state index contributed by atoms with van der Waals surface area (Å²) in [4.78, 5) is 15.1. The molecule has 32 heavy (non-hydrogen) atoms. The first kappa shape index (κ1) is 22.3. The second kappa shape index (κ2) is 10.6. The first-order valence-corrected chi connectivity index (χ1v) is 11.5. The van der Waals surface area contributed by atoms with E-state index in [1.165, 1.54) is 31.4 Å². The molecule has 1 aliphatic carbocycles. The van der Waals surface area contributed by atoms with E-state index >= 15 is 0 Å². The van der Waals surface area contributed by atoms with E-state index in [1.54, 1.807) is 6.07 Å². The number of nitrogens with one attached hydrogen (secondary N) is 1. The molecule has 3 aromatic rings. The van der Waals surface area contributed by atoms with Crippen molar-refractivity contribution in [3.05, 3.63) is 95.2 Å². The van der Waals surface area contributed by atoms with E-state index in [2.05, 4.69) is 10.2 Å². The summed E-state index contributed by atoms with van der Waals surface area (Å²) in [5.41, 5.74) is 2.13. The third kappa shape index (κ3) is 5.86. The molecular weight excluding hydrogens is 403 g/mol. The average Bonchev–Trinajstić information content (AvgIpc) is 3.30. The Morgan fingerprint density at radius 3 is 2.44 bits per heavy atom. The van der Waals surface area contributed by atoms with Gasteiger partial charge in [0.05, 0.1) is 12.6 Å². The lowest BCUT2D eigenvalue weighted by molar-refractivity contribution is 0.0902. The van der Waals surface area contributed by atoms with Crippen LogP contribution in [0.25, 0.3) is 0 Å². The summed E-state index contributed by atoms with van der Waals surface area (Å²) < 4.78 is 19.3. The van der Waals surface area contributed by atoms with Crippen LogP contribution in [0.1, 0.15) is 72.5 Å². The number of carbonyl (C=O) groups is 1. The summed E-state index contributed by atoms with van der Waals surface area (Å²) in [5, 5.41) is 3.01. The number of furan rings is 1. The van der Waals surface area contributed by atoms with Gasteiger partial charge in [0, 0.05) is 12.6 Å². The maximum absolute atomic E-state index is 13.3. The lowest BCUT2D eigenvalue weighted by atomic mass is 9.93. The normalized spacial score (nSPS) is 15.6. The van der Waals surface area contributed by atoms with Crippen LogP contribution in [0.2, 0.25) is 0 Å². The number of halogens is 1. The van der Waals surface area contributed by atoms with Crippen molar-refractivity contribution in [3.63, 3.8) is 0 Å². The average molecular weight is 435 g/mol. The quantitative estimate of drug-likeness (QED) is 0.456. The van der Waals surface area contributed by atoms with Gasteiger partial charge in [-0.25, -0.2) is 4.39 Å². The van der Waals surface area contributed by atoms with Crippen molar-refractivity contribution in [2.24, 2.45) is 0 Å². The van der Waals surface area contributed by atoms with Gasteiger partial charge >= 0.3 is 0 Å². The van der Waals surface area contributed by atoms with Crippen molar-refractivity contribution in [1.82, 2.24) is 10.2 Å². The third-order valence-corrected chi connectivity index (χ3v) is 6.28. The summed E-state index contributed by atoms with van der Waals surface area (Å²) in [6.45, 7) is 3.33. The number of hydrogen-bond acceptors (Lipinski definition) is 3. The molecule has 1 aliphatic rings. The maximum Gasteiger partial charge on any atom is 0.287 e. The molecule has 0 saturated heterocycles. The molecule has 2 aromatic carbocycles. The fourth-order valence-electron chi connectivity index (χ4n) is 4.46. The fourth-order valence-corrected chi connectivity index (χ4v) is 4.46. The minimum absolute atomic E-state index is 0.102. The van der Waals surface area contributed by atoms with Crippen LogP contribution in [0.15, 0.2) is 71.1 Å². The predicted molar refractivity (Wildman–Crippen MR) is 124 cm³/mol. The van der Waals surface area contributed by atoms with Crippen molar-refractivity contribution in [3.8, 4) is 0 Å². The molecule has 0 radical (unpaired) electrons. The highest BCUT2D eigenvalue weighted by Gasteiger charge is 2.23. The monoisotopic (exact) mass is 434 g/mol. The zero-order valence-electron chi connectivity index (χ0n) is 18.6. The van der Waals surface area contributed by atoms with Crippen LogP contribution < -0.4 is 5.32 Å². The van der Waals surface area contributed by atoms with Gasteiger partial charge in [-0.2, -0.15) is 0 Å². The molecule has 168 valence electrons.